The van der Waals surface area contributed by atoms with Crippen LogP contribution >= 0.6 is 0 Å². The van der Waals surface area contributed by atoms with Crippen LogP contribution in [-0.4, -0.2) is 51.6 Å². The molecule has 0 unspecified atom stereocenters. The number of methoxy groups -OCH3 is 2. The minimum Gasteiger partial charge on any atom is -0.494 e. The molecule has 9 heteroatoms. The number of fused-ring (bicyclic) bond motifs is 2. The molecule has 7 aromatic rings. The Bertz CT molecular complexity index is 2030. The van der Waals surface area contributed by atoms with Crippen LogP contribution in [0.3, 0.4) is 0 Å². The number of para-hydroxylation sites is 2. The highest BCUT2D eigenvalue weighted by Crippen LogP contribution is 2.35. The first-order valence-corrected chi connectivity index (χ1v) is 14.3. The number of carbonyl (C=O) groups is 1. The zero-order valence-electron chi connectivity index (χ0n) is 24.8. The monoisotopic (exact) mass is 596 g/mol. The smallest absolute Gasteiger partial charge is 0.170 e. The molecule has 0 saturated carbocycles. The van der Waals surface area contributed by atoms with Gasteiger partial charge in [0.2, 0.25) is 0 Å². The fraction of sp³-hybridized carbons (Fsp3) is 0.0556. The number of allylic oxidation sites excluding steroid dienone is 1. The minimum absolute atomic E-state index is 0.456. The van der Waals surface area contributed by atoms with E-state index in [1.165, 1.54) is 18.0 Å². The summed E-state index contributed by atoms with van der Waals surface area (Å²) in [5, 5.41) is 1.28. The highest BCUT2D eigenvalue weighted by Gasteiger charge is 2.14. The molecule has 45 heavy (non-hydrogen) atoms. The Morgan fingerprint density at radius 1 is 0.644 bits per heavy atom. The SMILES string of the molecule is COc1cc(-c2ccc[nH]2)[nH]c1C=C1C=Nc2ccccc21.COc1cc(-c2ccc[nH]2)[nH]c1C=O.c1ccc2[nH]ccc2c1. The summed E-state index contributed by atoms with van der Waals surface area (Å²) in [4.78, 5) is 30.8. The number of benzene rings is 2. The molecule has 0 fully saturated rings. The fourth-order valence-electron chi connectivity index (χ4n) is 5.03. The standard InChI is InChI=1S/C18H15N3O.C10H10N2O2.C8H7N/c1-22-18-10-16(15-7-4-8-19-15)21-17(18)9-12-11-20-14-6-3-2-5-13(12)14;1-14-10-5-8(12-9(10)6-13)7-3-2-4-11-7;1-2-4-8-7(3-1)5-6-9-8/h2-11,19,21H,1H3;2-6,11-12H,1H3;1-6,9H. The summed E-state index contributed by atoms with van der Waals surface area (Å²) in [6, 6.07) is 30.0. The number of aldehydes is 1. The van der Waals surface area contributed by atoms with Gasteiger partial charge in [-0.3, -0.25) is 9.79 Å². The van der Waals surface area contributed by atoms with Crippen LogP contribution in [0.1, 0.15) is 21.7 Å². The molecule has 0 saturated heterocycles. The van der Waals surface area contributed by atoms with Gasteiger partial charge in [0.25, 0.3) is 0 Å². The lowest BCUT2D eigenvalue weighted by atomic mass is 10.1. The number of carbonyl (C=O) groups excluding carboxylic acids is 1. The summed E-state index contributed by atoms with van der Waals surface area (Å²) in [6.07, 6.45) is 10.4. The Balaban J connectivity index is 0.000000132. The van der Waals surface area contributed by atoms with Gasteiger partial charge < -0.3 is 34.4 Å². The predicted molar refractivity (Wildman–Crippen MR) is 180 cm³/mol. The molecule has 1 aliphatic rings. The van der Waals surface area contributed by atoms with Crippen LogP contribution in [0.2, 0.25) is 0 Å². The molecule has 5 N–H and O–H groups in total. The van der Waals surface area contributed by atoms with Crippen molar-refractivity contribution < 1.29 is 14.3 Å². The minimum atomic E-state index is 0.456. The maximum absolute atomic E-state index is 10.6. The Morgan fingerprint density at radius 3 is 1.91 bits per heavy atom. The molecular weight excluding hydrogens is 564 g/mol. The molecule has 0 aliphatic carbocycles. The Kier molecular flexibility index (Phi) is 8.59. The topological polar surface area (TPSA) is 127 Å². The van der Waals surface area contributed by atoms with E-state index in [1.54, 1.807) is 13.2 Å². The summed E-state index contributed by atoms with van der Waals surface area (Å²) in [5.41, 5.74) is 9.61. The lowest BCUT2D eigenvalue weighted by molar-refractivity contribution is 0.111. The van der Waals surface area contributed by atoms with Gasteiger partial charge in [-0.05, 0) is 53.9 Å². The zero-order valence-corrected chi connectivity index (χ0v) is 24.8. The molecule has 0 atom stereocenters. The quantitative estimate of drug-likeness (QED) is 0.124. The summed E-state index contributed by atoms with van der Waals surface area (Å²) in [7, 11) is 3.22. The van der Waals surface area contributed by atoms with E-state index in [4.69, 9.17) is 9.47 Å². The molecule has 0 spiro atoms. The average molecular weight is 597 g/mol. The molecule has 0 radical (unpaired) electrons. The number of hydrogen-bond donors (Lipinski definition) is 5. The number of hydrogen-bond acceptors (Lipinski definition) is 4. The lowest BCUT2D eigenvalue weighted by Crippen LogP contribution is -1.86. The number of H-pyrrole nitrogens is 5. The van der Waals surface area contributed by atoms with Gasteiger partial charge in [0.1, 0.15) is 17.2 Å². The van der Waals surface area contributed by atoms with Gasteiger partial charge in [-0.25, -0.2) is 0 Å². The van der Waals surface area contributed by atoms with E-state index in [-0.39, 0.29) is 0 Å². The number of nitrogens with zero attached hydrogens (tertiary/aromatic N) is 1. The second-order valence-electron chi connectivity index (χ2n) is 10.1. The summed E-state index contributed by atoms with van der Waals surface area (Å²) < 4.78 is 10.5. The highest BCUT2D eigenvalue weighted by atomic mass is 16.5. The average Bonchev–Trinajstić information content (AvgIpc) is 3.93. The first kappa shape index (κ1) is 28.9. The summed E-state index contributed by atoms with van der Waals surface area (Å²) in [6.45, 7) is 0. The molecule has 0 bridgehead atoms. The van der Waals surface area contributed by atoms with E-state index in [0.29, 0.717) is 11.4 Å². The van der Waals surface area contributed by atoms with Crippen molar-refractivity contribution in [1.29, 1.82) is 0 Å². The third kappa shape index (κ3) is 6.42. The van der Waals surface area contributed by atoms with Gasteiger partial charge in [0.15, 0.2) is 6.29 Å². The van der Waals surface area contributed by atoms with Crippen LogP contribution in [0.15, 0.2) is 115 Å². The van der Waals surface area contributed by atoms with Crippen molar-refractivity contribution in [2.45, 2.75) is 0 Å². The molecule has 9 nitrogen and oxygen atoms in total. The Hall–Kier alpha value is -6.22. The molecule has 224 valence electrons. The van der Waals surface area contributed by atoms with Crippen molar-refractivity contribution in [2.24, 2.45) is 4.99 Å². The van der Waals surface area contributed by atoms with Gasteiger partial charge >= 0.3 is 0 Å². The molecule has 8 rings (SSSR count). The van der Waals surface area contributed by atoms with Crippen molar-refractivity contribution in [2.75, 3.05) is 14.2 Å². The predicted octanol–water partition coefficient (Wildman–Crippen LogP) is 8.27. The van der Waals surface area contributed by atoms with Crippen LogP contribution in [-0.2, 0) is 0 Å². The van der Waals surface area contributed by atoms with Gasteiger partial charge in [0.05, 0.1) is 48.4 Å². The molecule has 6 heterocycles. The largest absolute Gasteiger partial charge is 0.494 e. The maximum Gasteiger partial charge on any atom is 0.170 e. The van der Waals surface area contributed by atoms with E-state index in [0.717, 1.165) is 57.3 Å². The third-order valence-electron chi connectivity index (χ3n) is 7.27. The van der Waals surface area contributed by atoms with Crippen LogP contribution in [0.5, 0.6) is 11.5 Å². The van der Waals surface area contributed by atoms with Crippen LogP contribution in [0.4, 0.5) is 5.69 Å². The van der Waals surface area contributed by atoms with Crippen molar-refractivity contribution in [1.82, 2.24) is 24.9 Å². The van der Waals surface area contributed by atoms with E-state index in [9.17, 15) is 4.79 Å². The second-order valence-corrected chi connectivity index (χ2v) is 10.1. The molecule has 0 amide bonds. The number of aromatic nitrogens is 5. The van der Waals surface area contributed by atoms with E-state index in [1.807, 2.05) is 85.5 Å². The normalized spacial score (nSPS) is 12.3. The first-order chi connectivity index (χ1) is 22.2. The van der Waals surface area contributed by atoms with Crippen LogP contribution in [0, 0.1) is 0 Å². The number of rotatable bonds is 6. The number of ether oxygens (including phenoxy) is 2. The number of aromatic amines is 5. The molecule has 1 aliphatic heterocycles. The first-order valence-electron chi connectivity index (χ1n) is 14.3. The summed E-state index contributed by atoms with van der Waals surface area (Å²) >= 11 is 0. The van der Waals surface area contributed by atoms with E-state index in [2.05, 4.69) is 60.3 Å². The number of aliphatic imine (C=N–C) groups is 1. The van der Waals surface area contributed by atoms with Crippen LogP contribution < -0.4 is 9.47 Å². The van der Waals surface area contributed by atoms with Crippen molar-refractivity contribution in [3.05, 3.63) is 127 Å². The van der Waals surface area contributed by atoms with Crippen molar-refractivity contribution in [3.63, 3.8) is 0 Å². The van der Waals surface area contributed by atoms with Crippen molar-refractivity contribution >= 4 is 40.7 Å². The zero-order chi connectivity index (χ0) is 31.0. The number of nitrogens with one attached hydrogen (secondary N) is 5. The Labute approximate surface area is 259 Å². The highest BCUT2D eigenvalue weighted by molar-refractivity contribution is 6.21. The van der Waals surface area contributed by atoms with Gasteiger partial charge in [-0.2, -0.15) is 0 Å². The Morgan fingerprint density at radius 2 is 1.29 bits per heavy atom. The molecular formula is C36H32N6O3. The van der Waals surface area contributed by atoms with Gasteiger partial charge in [-0.1, -0.05) is 36.4 Å². The second kappa shape index (κ2) is 13.4. The van der Waals surface area contributed by atoms with E-state index >= 15 is 0 Å². The fourth-order valence-corrected chi connectivity index (χ4v) is 5.03. The van der Waals surface area contributed by atoms with Crippen molar-refractivity contribution in [3.8, 4) is 34.3 Å². The van der Waals surface area contributed by atoms with Gasteiger partial charge in [-0.15, -0.1) is 0 Å². The van der Waals surface area contributed by atoms with Crippen LogP contribution in [0.25, 0.3) is 45.3 Å². The molecule has 2 aromatic carbocycles. The molecule has 5 aromatic heterocycles. The maximum atomic E-state index is 10.6. The van der Waals surface area contributed by atoms with Gasteiger partial charge in [0, 0.05) is 53.6 Å². The summed E-state index contributed by atoms with van der Waals surface area (Å²) in [5.74, 6) is 1.37. The third-order valence-corrected chi connectivity index (χ3v) is 7.27. The lowest BCUT2D eigenvalue weighted by Gasteiger charge is -2.00. The van der Waals surface area contributed by atoms with E-state index < -0.39 is 0 Å².